The number of nitrogens with zero attached hydrogens (tertiary/aromatic N) is 2. The lowest BCUT2D eigenvalue weighted by molar-refractivity contribution is 0.509. The first-order valence-corrected chi connectivity index (χ1v) is 11.3. The van der Waals surface area contributed by atoms with Crippen LogP contribution in [0.4, 0.5) is 5.82 Å². The van der Waals surface area contributed by atoms with Crippen LogP contribution < -0.4 is 5.32 Å². The maximum Gasteiger partial charge on any atom is 0.150 e. The van der Waals surface area contributed by atoms with Crippen molar-refractivity contribution >= 4 is 37.2 Å². The van der Waals surface area contributed by atoms with E-state index < -0.39 is 9.84 Å². The summed E-state index contributed by atoms with van der Waals surface area (Å²) in [4.78, 5) is 11.8. The summed E-state index contributed by atoms with van der Waals surface area (Å²) in [6.07, 6.45) is 4.19. The van der Waals surface area contributed by atoms with Crippen LogP contribution in [-0.2, 0) is 22.7 Å². The average Bonchev–Trinajstić information content (AvgIpc) is 3.03. The molecule has 5 nitrogen and oxygen atoms in total. The van der Waals surface area contributed by atoms with E-state index in [1.165, 1.54) is 22.2 Å². The van der Waals surface area contributed by atoms with E-state index in [0.29, 0.717) is 18.1 Å². The molecule has 0 radical (unpaired) electrons. The first-order valence-electron chi connectivity index (χ1n) is 8.64. The Labute approximate surface area is 146 Å². The lowest BCUT2D eigenvalue weighted by Crippen LogP contribution is -2.17. The number of sulfone groups is 1. The van der Waals surface area contributed by atoms with Gasteiger partial charge in [0.15, 0.2) is 9.84 Å². The minimum Gasteiger partial charge on any atom is -0.369 e. The van der Waals surface area contributed by atoms with Crippen molar-refractivity contribution in [2.24, 2.45) is 11.8 Å². The Balaban J connectivity index is 1.65. The summed E-state index contributed by atoms with van der Waals surface area (Å²) < 4.78 is 23.3. The SMILES string of the molecule is Cc1nc(NCC2CCS(=O)(=O)C2)c2c3c(sc2n1)CC(C)CC3. The normalized spacial score (nSPS) is 25.8. The fourth-order valence-electron chi connectivity index (χ4n) is 3.85. The second-order valence-electron chi connectivity index (χ2n) is 7.30. The highest BCUT2D eigenvalue weighted by Crippen LogP contribution is 2.40. The van der Waals surface area contributed by atoms with Gasteiger partial charge in [0.05, 0.1) is 16.9 Å². The second-order valence-corrected chi connectivity index (χ2v) is 10.6. The number of nitrogens with one attached hydrogen (secondary N) is 1. The molecular weight excluding hydrogens is 342 g/mol. The van der Waals surface area contributed by atoms with Crippen molar-refractivity contribution in [2.45, 2.75) is 39.5 Å². The number of rotatable bonds is 3. The van der Waals surface area contributed by atoms with Gasteiger partial charge < -0.3 is 5.32 Å². The Hall–Kier alpha value is -1.21. The number of hydrogen-bond acceptors (Lipinski definition) is 6. The van der Waals surface area contributed by atoms with Crippen molar-refractivity contribution in [1.82, 2.24) is 9.97 Å². The van der Waals surface area contributed by atoms with Gasteiger partial charge in [-0.3, -0.25) is 0 Å². The highest BCUT2D eigenvalue weighted by Gasteiger charge is 2.28. The molecule has 1 saturated heterocycles. The van der Waals surface area contributed by atoms with Gasteiger partial charge in [-0.2, -0.15) is 0 Å². The van der Waals surface area contributed by atoms with Gasteiger partial charge in [-0.25, -0.2) is 18.4 Å². The minimum atomic E-state index is -2.83. The minimum absolute atomic E-state index is 0.190. The average molecular weight is 366 g/mol. The number of aryl methyl sites for hydroxylation is 2. The third-order valence-corrected chi connectivity index (χ3v) is 8.14. The van der Waals surface area contributed by atoms with Crippen LogP contribution in [0.5, 0.6) is 0 Å². The summed E-state index contributed by atoms with van der Waals surface area (Å²) >= 11 is 1.80. The predicted molar refractivity (Wildman–Crippen MR) is 98.6 cm³/mol. The molecule has 2 atom stereocenters. The van der Waals surface area contributed by atoms with E-state index in [4.69, 9.17) is 0 Å². The largest absolute Gasteiger partial charge is 0.369 e. The van der Waals surface area contributed by atoms with Crippen LogP contribution in [0.1, 0.15) is 36.0 Å². The molecule has 2 unspecified atom stereocenters. The zero-order chi connectivity index (χ0) is 16.9. The van der Waals surface area contributed by atoms with E-state index in [1.54, 1.807) is 11.3 Å². The fourth-order valence-corrected chi connectivity index (χ4v) is 7.14. The van der Waals surface area contributed by atoms with E-state index in [2.05, 4.69) is 22.2 Å². The summed E-state index contributed by atoms with van der Waals surface area (Å²) in [6.45, 7) is 4.90. The number of thiophene rings is 1. The molecule has 0 bridgehead atoms. The quantitative estimate of drug-likeness (QED) is 0.905. The Kier molecular flexibility index (Phi) is 4.03. The molecule has 1 fully saturated rings. The molecule has 1 N–H and O–H groups in total. The second kappa shape index (κ2) is 5.95. The van der Waals surface area contributed by atoms with Gasteiger partial charge in [-0.05, 0) is 50.0 Å². The molecule has 0 saturated carbocycles. The molecule has 2 aromatic heterocycles. The lowest BCUT2D eigenvalue weighted by atomic mass is 9.89. The van der Waals surface area contributed by atoms with E-state index >= 15 is 0 Å². The molecule has 3 heterocycles. The molecule has 0 amide bonds. The van der Waals surface area contributed by atoms with Crippen LogP contribution in [0.2, 0.25) is 0 Å². The summed E-state index contributed by atoms with van der Waals surface area (Å²) in [5, 5.41) is 4.62. The van der Waals surface area contributed by atoms with Crippen molar-refractivity contribution in [3.8, 4) is 0 Å². The highest BCUT2D eigenvalue weighted by molar-refractivity contribution is 7.91. The molecule has 2 aliphatic rings. The van der Waals surface area contributed by atoms with Gasteiger partial charge in [-0.15, -0.1) is 11.3 Å². The number of aromatic nitrogens is 2. The van der Waals surface area contributed by atoms with Crippen molar-refractivity contribution in [2.75, 3.05) is 23.4 Å². The lowest BCUT2D eigenvalue weighted by Gasteiger charge is -2.18. The number of fused-ring (bicyclic) bond motifs is 3. The third-order valence-electron chi connectivity index (χ3n) is 5.15. The smallest absolute Gasteiger partial charge is 0.150 e. The van der Waals surface area contributed by atoms with Crippen molar-refractivity contribution in [1.29, 1.82) is 0 Å². The van der Waals surface area contributed by atoms with Crippen LogP contribution >= 0.6 is 11.3 Å². The zero-order valence-corrected chi connectivity index (χ0v) is 15.8. The van der Waals surface area contributed by atoms with Crippen LogP contribution in [0.25, 0.3) is 10.2 Å². The predicted octanol–water partition coefficient (Wildman–Crippen LogP) is 2.97. The standard InChI is InChI=1S/C17H23N3O2S2/c1-10-3-4-13-14(7-10)23-17-15(13)16(19-11(2)20-17)18-8-12-5-6-24(21,22)9-12/h10,12H,3-9H2,1-2H3,(H,18,19,20). The van der Waals surface area contributed by atoms with E-state index in [-0.39, 0.29) is 5.92 Å². The first-order chi connectivity index (χ1) is 11.4. The molecule has 2 aromatic rings. The Morgan fingerprint density at radius 1 is 1.29 bits per heavy atom. The van der Waals surface area contributed by atoms with Gasteiger partial charge in [-0.1, -0.05) is 6.92 Å². The Morgan fingerprint density at radius 3 is 2.88 bits per heavy atom. The van der Waals surface area contributed by atoms with E-state index in [0.717, 1.165) is 41.7 Å². The van der Waals surface area contributed by atoms with Crippen LogP contribution in [0.3, 0.4) is 0 Å². The van der Waals surface area contributed by atoms with Crippen molar-refractivity contribution in [3.05, 3.63) is 16.3 Å². The summed E-state index contributed by atoms with van der Waals surface area (Å²) in [5.74, 6) is 3.22. The Bertz CT molecular complexity index is 889. The molecule has 130 valence electrons. The van der Waals surface area contributed by atoms with Gasteiger partial charge in [0.1, 0.15) is 16.5 Å². The van der Waals surface area contributed by atoms with E-state index in [1.807, 2.05) is 6.92 Å². The molecule has 1 aliphatic heterocycles. The van der Waals surface area contributed by atoms with Gasteiger partial charge in [0.25, 0.3) is 0 Å². The van der Waals surface area contributed by atoms with Gasteiger partial charge in [0, 0.05) is 11.4 Å². The number of anilines is 1. The highest BCUT2D eigenvalue weighted by atomic mass is 32.2. The molecule has 7 heteroatoms. The van der Waals surface area contributed by atoms with E-state index in [9.17, 15) is 8.42 Å². The summed E-state index contributed by atoms with van der Waals surface area (Å²) in [7, 11) is -2.83. The molecule has 1 aliphatic carbocycles. The number of hydrogen-bond donors (Lipinski definition) is 1. The maximum absolute atomic E-state index is 11.6. The molecule has 4 rings (SSSR count). The van der Waals surface area contributed by atoms with Gasteiger partial charge >= 0.3 is 0 Å². The maximum atomic E-state index is 11.6. The van der Waals surface area contributed by atoms with Crippen LogP contribution in [0, 0.1) is 18.8 Å². The molecule has 0 spiro atoms. The summed E-state index contributed by atoms with van der Waals surface area (Å²) in [5.41, 5.74) is 1.41. The van der Waals surface area contributed by atoms with Crippen molar-refractivity contribution in [3.63, 3.8) is 0 Å². The molecule has 24 heavy (non-hydrogen) atoms. The van der Waals surface area contributed by atoms with Crippen LogP contribution in [0.15, 0.2) is 0 Å². The molecular formula is C17H23N3O2S2. The topological polar surface area (TPSA) is 72.0 Å². The zero-order valence-electron chi connectivity index (χ0n) is 14.1. The fraction of sp³-hybridized carbons (Fsp3) is 0.647. The first kappa shape index (κ1) is 16.3. The van der Waals surface area contributed by atoms with Gasteiger partial charge in [0.2, 0.25) is 0 Å². The summed E-state index contributed by atoms with van der Waals surface area (Å²) in [6, 6.07) is 0. The van der Waals surface area contributed by atoms with Crippen LogP contribution in [-0.4, -0.2) is 36.4 Å². The Morgan fingerprint density at radius 2 is 2.12 bits per heavy atom. The van der Waals surface area contributed by atoms with Crippen molar-refractivity contribution < 1.29 is 8.42 Å². The molecule has 0 aromatic carbocycles. The monoisotopic (exact) mass is 365 g/mol. The third kappa shape index (κ3) is 3.04.